The number of aromatic amines is 1. The van der Waals surface area contributed by atoms with Crippen LogP contribution in [0.15, 0.2) is 18.3 Å². The molecule has 0 unspecified atom stereocenters. The van der Waals surface area contributed by atoms with Gasteiger partial charge in [0.05, 0.1) is 0 Å². The van der Waals surface area contributed by atoms with Crippen LogP contribution in [0, 0.1) is 0 Å². The highest BCUT2D eigenvalue weighted by Gasteiger charge is 2.14. The number of amides is 1. The van der Waals surface area contributed by atoms with Crippen LogP contribution >= 0.6 is 0 Å². The van der Waals surface area contributed by atoms with Gasteiger partial charge in [0.15, 0.2) is 0 Å². The lowest BCUT2D eigenvalue weighted by atomic mass is 10.4. The molecular weight excluding hydrogens is 166 g/mol. The van der Waals surface area contributed by atoms with Crippen LogP contribution in [0.25, 0.3) is 0 Å². The Morgan fingerprint density at radius 1 is 1.46 bits per heavy atom. The molecule has 0 atom stereocenters. The van der Waals surface area contributed by atoms with Gasteiger partial charge in [-0.3, -0.25) is 10.2 Å². The molecule has 1 aromatic heterocycles. The largest absolute Gasteiger partial charge is 0.357 e. The van der Waals surface area contributed by atoms with Crippen molar-refractivity contribution in [3.8, 4) is 0 Å². The average molecular weight is 179 g/mol. The molecule has 0 spiro atoms. The van der Waals surface area contributed by atoms with E-state index in [0.29, 0.717) is 5.69 Å². The van der Waals surface area contributed by atoms with E-state index in [4.69, 9.17) is 0 Å². The minimum absolute atomic E-state index is 0.0492. The quantitative estimate of drug-likeness (QED) is 0.704. The lowest BCUT2D eigenvalue weighted by Crippen LogP contribution is -2.40. The summed E-state index contributed by atoms with van der Waals surface area (Å²) in [6.45, 7) is 1.93. The van der Waals surface area contributed by atoms with Gasteiger partial charge in [-0.25, -0.2) is 5.01 Å². The molecule has 13 heavy (non-hydrogen) atoms. The third-order valence-electron chi connectivity index (χ3n) is 2.21. The second-order valence-corrected chi connectivity index (χ2v) is 3.22. The van der Waals surface area contributed by atoms with E-state index in [2.05, 4.69) is 10.4 Å². The number of rotatable bonds is 2. The maximum Gasteiger partial charge on any atom is 0.281 e. The molecule has 1 aliphatic heterocycles. The molecular formula is C9H13N3O. The van der Waals surface area contributed by atoms with Gasteiger partial charge in [0.25, 0.3) is 5.91 Å². The van der Waals surface area contributed by atoms with E-state index < -0.39 is 0 Å². The number of carbonyl (C=O) groups is 1. The van der Waals surface area contributed by atoms with Gasteiger partial charge < -0.3 is 4.98 Å². The van der Waals surface area contributed by atoms with Crippen molar-refractivity contribution in [2.45, 2.75) is 12.8 Å². The average Bonchev–Trinajstić information content (AvgIpc) is 2.74. The predicted molar refractivity (Wildman–Crippen MR) is 49.1 cm³/mol. The number of H-pyrrole nitrogens is 1. The summed E-state index contributed by atoms with van der Waals surface area (Å²) in [5.41, 5.74) is 3.46. The lowest BCUT2D eigenvalue weighted by molar-refractivity contribution is 0.0821. The first kappa shape index (κ1) is 8.31. The Morgan fingerprint density at radius 3 is 2.85 bits per heavy atom. The lowest BCUT2D eigenvalue weighted by Gasteiger charge is -2.15. The van der Waals surface area contributed by atoms with Gasteiger partial charge in [-0.05, 0) is 25.0 Å². The van der Waals surface area contributed by atoms with Gasteiger partial charge in [0, 0.05) is 19.3 Å². The number of carbonyl (C=O) groups excluding carboxylic acids is 1. The van der Waals surface area contributed by atoms with Gasteiger partial charge in [-0.15, -0.1) is 0 Å². The molecule has 4 nitrogen and oxygen atoms in total. The summed E-state index contributed by atoms with van der Waals surface area (Å²) in [6.07, 6.45) is 4.09. The Bertz CT molecular complexity index is 275. The Balaban J connectivity index is 1.91. The van der Waals surface area contributed by atoms with E-state index in [0.717, 1.165) is 13.1 Å². The number of hydrogen-bond donors (Lipinski definition) is 2. The topological polar surface area (TPSA) is 48.1 Å². The highest BCUT2D eigenvalue weighted by atomic mass is 16.2. The summed E-state index contributed by atoms with van der Waals surface area (Å²) in [4.78, 5) is 14.3. The smallest absolute Gasteiger partial charge is 0.281 e. The minimum Gasteiger partial charge on any atom is -0.357 e. The molecule has 1 fully saturated rings. The van der Waals surface area contributed by atoms with Crippen molar-refractivity contribution in [1.82, 2.24) is 15.4 Å². The van der Waals surface area contributed by atoms with E-state index in [1.807, 2.05) is 11.1 Å². The van der Waals surface area contributed by atoms with Crippen molar-refractivity contribution in [2.75, 3.05) is 13.1 Å². The van der Waals surface area contributed by atoms with E-state index in [-0.39, 0.29) is 5.91 Å². The molecule has 2 heterocycles. The maximum atomic E-state index is 11.5. The number of nitrogens with one attached hydrogen (secondary N) is 2. The Labute approximate surface area is 76.9 Å². The molecule has 2 N–H and O–H groups in total. The van der Waals surface area contributed by atoms with E-state index >= 15 is 0 Å². The van der Waals surface area contributed by atoms with Crippen LogP contribution < -0.4 is 5.43 Å². The molecule has 4 heteroatoms. The van der Waals surface area contributed by atoms with Crippen LogP contribution in [0.1, 0.15) is 23.3 Å². The predicted octanol–water partition coefficient (Wildman–Crippen LogP) is 0.755. The Kier molecular flexibility index (Phi) is 2.31. The Hall–Kier alpha value is -1.29. The monoisotopic (exact) mass is 179 g/mol. The molecule has 0 radical (unpaired) electrons. The van der Waals surface area contributed by atoms with Gasteiger partial charge in [0.1, 0.15) is 5.69 Å². The molecule has 2 rings (SSSR count). The van der Waals surface area contributed by atoms with Crippen molar-refractivity contribution in [3.63, 3.8) is 0 Å². The zero-order valence-electron chi connectivity index (χ0n) is 7.42. The van der Waals surface area contributed by atoms with Gasteiger partial charge in [-0.2, -0.15) is 0 Å². The summed E-state index contributed by atoms with van der Waals surface area (Å²) in [5, 5.41) is 1.96. The number of hydrogen-bond acceptors (Lipinski definition) is 2. The number of nitrogens with zero attached hydrogens (tertiary/aromatic N) is 1. The number of hydrazine groups is 1. The highest BCUT2D eigenvalue weighted by Crippen LogP contribution is 2.04. The first-order valence-electron chi connectivity index (χ1n) is 4.55. The van der Waals surface area contributed by atoms with E-state index in [1.54, 1.807) is 12.3 Å². The Morgan fingerprint density at radius 2 is 2.23 bits per heavy atom. The van der Waals surface area contributed by atoms with E-state index in [9.17, 15) is 4.79 Å². The van der Waals surface area contributed by atoms with Gasteiger partial charge in [0.2, 0.25) is 0 Å². The fourth-order valence-electron chi connectivity index (χ4n) is 1.50. The fourth-order valence-corrected chi connectivity index (χ4v) is 1.50. The summed E-state index contributed by atoms with van der Waals surface area (Å²) in [5.74, 6) is -0.0492. The molecule has 1 aliphatic rings. The third kappa shape index (κ3) is 1.89. The van der Waals surface area contributed by atoms with Crippen LogP contribution in [0.2, 0.25) is 0 Å². The van der Waals surface area contributed by atoms with Crippen molar-refractivity contribution in [2.24, 2.45) is 0 Å². The van der Waals surface area contributed by atoms with Crippen LogP contribution in [0.5, 0.6) is 0 Å². The zero-order chi connectivity index (χ0) is 9.10. The van der Waals surface area contributed by atoms with Gasteiger partial charge >= 0.3 is 0 Å². The van der Waals surface area contributed by atoms with Crippen molar-refractivity contribution < 1.29 is 4.79 Å². The molecule has 0 aliphatic carbocycles. The van der Waals surface area contributed by atoms with Crippen LogP contribution in [0.4, 0.5) is 0 Å². The molecule has 1 saturated heterocycles. The number of aromatic nitrogens is 1. The molecule has 0 bridgehead atoms. The maximum absolute atomic E-state index is 11.5. The standard InChI is InChI=1S/C9H13N3O/c13-9(8-4-3-5-10-8)11-12-6-1-2-7-12/h3-5,10H,1-2,6-7H2,(H,11,13). The molecule has 1 aromatic rings. The van der Waals surface area contributed by atoms with Crippen molar-refractivity contribution in [3.05, 3.63) is 24.0 Å². The summed E-state index contributed by atoms with van der Waals surface area (Å²) >= 11 is 0. The minimum atomic E-state index is -0.0492. The summed E-state index contributed by atoms with van der Waals surface area (Å²) in [6, 6.07) is 3.59. The zero-order valence-corrected chi connectivity index (χ0v) is 7.42. The second-order valence-electron chi connectivity index (χ2n) is 3.22. The normalized spacial score (nSPS) is 17.5. The fraction of sp³-hybridized carbons (Fsp3) is 0.444. The summed E-state index contributed by atoms with van der Waals surface area (Å²) in [7, 11) is 0. The van der Waals surface area contributed by atoms with Crippen LogP contribution in [-0.2, 0) is 0 Å². The first-order chi connectivity index (χ1) is 6.36. The second kappa shape index (κ2) is 3.62. The first-order valence-corrected chi connectivity index (χ1v) is 4.55. The molecule has 0 aromatic carbocycles. The van der Waals surface area contributed by atoms with Crippen LogP contribution in [-0.4, -0.2) is 29.0 Å². The van der Waals surface area contributed by atoms with Gasteiger partial charge in [-0.1, -0.05) is 0 Å². The molecule has 70 valence electrons. The van der Waals surface area contributed by atoms with E-state index in [1.165, 1.54) is 12.8 Å². The third-order valence-corrected chi connectivity index (χ3v) is 2.21. The molecule has 1 amide bonds. The van der Waals surface area contributed by atoms with Crippen molar-refractivity contribution in [1.29, 1.82) is 0 Å². The van der Waals surface area contributed by atoms with Crippen molar-refractivity contribution >= 4 is 5.91 Å². The summed E-state index contributed by atoms with van der Waals surface area (Å²) < 4.78 is 0. The van der Waals surface area contributed by atoms with Crippen LogP contribution in [0.3, 0.4) is 0 Å². The SMILES string of the molecule is O=C(NN1CCCC1)c1ccc[nH]1. The highest BCUT2D eigenvalue weighted by molar-refractivity contribution is 5.91. The molecule has 0 saturated carbocycles.